The molecule has 5 heteroatoms. The fraction of sp³-hybridized carbons (Fsp3) is 0.700. The molecule has 0 rings (SSSR count). The highest BCUT2D eigenvalue weighted by molar-refractivity contribution is 7.98. The van der Waals surface area contributed by atoms with E-state index in [0.717, 1.165) is 5.75 Å². The Morgan fingerprint density at radius 1 is 1.73 bits per heavy atom. The fourth-order valence-corrected chi connectivity index (χ4v) is 1.66. The molecule has 0 saturated carbocycles. The van der Waals surface area contributed by atoms with Crippen LogP contribution in [0.25, 0.3) is 0 Å². The molecular weight excluding hydrogens is 212 g/mol. The van der Waals surface area contributed by atoms with Crippen LogP contribution in [0.3, 0.4) is 0 Å². The first-order chi connectivity index (χ1) is 7.17. The largest absolute Gasteiger partial charge is 0.395 e. The summed E-state index contributed by atoms with van der Waals surface area (Å²) in [7, 11) is 0. The van der Waals surface area contributed by atoms with Gasteiger partial charge in [-0.3, -0.25) is 4.79 Å². The zero-order chi connectivity index (χ0) is 11.7. The van der Waals surface area contributed by atoms with Crippen LogP contribution in [0, 0.1) is 0 Å². The van der Waals surface area contributed by atoms with Crippen molar-refractivity contribution in [3.63, 3.8) is 0 Å². The maximum atomic E-state index is 11.8. The van der Waals surface area contributed by atoms with Gasteiger partial charge in [-0.15, -0.1) is 6.58 Å². The number of nitrogens with two attached hydrogens (primary N) is 1. The summed E-state index contributed by atoms with van der Waals surface area (Å²) >= 11 is 1.67. The van der Waals surface area contributed by atoms with Gasteiger partial charge in [-0.05, 0) is 18.4 Å². The van der Waals surface area contributed by atoms with E-state index in [1.807, 2.05) is 6.26 Å². The lowest BCUT2D eigenvalue weighted by Gasteiger charge is -2.23. The van der Waals surface area contributed by atoms with Crippen molar-refractivity contribution in [2.24, 2.45) is 5.73 Å². The maximum Gasteiger partial charge on any atom is 0.239 e. The summed E-state index contributed by atoms with van der Waals surface area (Å²) in [4.78, 5) is 13.3. The van der Waals surface area contributed by atoms with Gasteiger partial charge in [0.2, 0.25) is 5.91 Å². The Kier molecular flexibility index (Phi) is 8.46. The molecule has 0 aliphatic carbocycles. The number of rotatable bonds is 8. The number of aliphatic hydroxyl groups excluding tert-OH is 1. The van der Waals surface area contributed by atoms with Gasteiger partial charge in [0.15, 0.2) is 0 Å². The third-order valence-electron chi connectivity index (χ3n) is 1.98. The molecule has 0 aromatic heterocycles. The third-order valence-corrected chi connectivity index (χ3v) is 2.63. The van der Waals surface area contributed by atoms with Gasteiger partial charge in [0.1, 0.15) is 0 Å². The highest BCUT2D eigenvalue weighted by Crippen LogP contribution is 2.02. The van der Waals surface area contributed by atoms with Gasteiger partial charge in [-0.25, -0.2) is 0 Å². The van der Waals surface area contributed by atoms with Gasteiger partial charge in [0.05, 0.1) is 12.6 Å². The molecule has 0 unspecified atom stereocenters. The van der Waals surface area contributed by atoms with Crippen LogP contribution in [0.1, 0.15) is 6.42 Å². The SMILES string of the molecule is C=CCN(CCO)C(=O)[C@H](N)CCSC. The van der Waals surface area contributed by atoms with E-state index in [9.17, 15) is 4.79 Å². The number of thioether (sulfide) groups is 1. The lowest BCUT2D eigenvalue weighted by molar-refractivity contribution is -0.132. The van der Waals surface area contributed by atoms with E-state index in [1.165, 1.54) is 4.90 Å². The van der Waals surface area contributed by atoms with Crippen LogP contribution >= 0.6 is 11.8 Å². The van der Waals surface area contributed by atoms with Crippen molar-refractivity contribution in [2.75, 3.05) is 31.7 Å². The molecule has 0 aliphatic heterocycles. The summed E-state index contributed by atoms with van der Waals surface area (Å²) in [6.45, 7) is 4.27. The molecular formula is C10H20N2O2S. The number of nitrogens with zero attached hydrogens (tertiary/aromatic N) is 1. The average molecular weight is 232 g/mol. The minimum Gasteiger partial charge on any atom is -0.395 e. The summed E-state index contributed by atoms with van der Waals surface area (Å²) < 4.78 is 0. The molecule has 0 spiro atoms. The number of carbonyl (C=O) groups excluding carboxylic acids is 1. The molecule has 0 radical (unpaired) electrons. The van der Waals surface area contributed by atoms with Crippen molar-refractivity contribution >= 4 is 17.7 Å². The Balaban J connectivity index is 4.14. The van der Waals surface area contributed by atoms with E-state index in [4.69, 9.17) is 10.8 Å². The Morgan fingerprint density at radius 2 is 2.40 bits per heavy atom. The highest BCUT2D eigenvalue weighted by atomic mass is 32.2. The maximum absolute atomic E-state index is 11.8. The van der Waals surface area contributed by atoms with Crippen molar-refractivity contribution in [2.45, 2.75) is 12.5 Å². The van der Waals surface area contributed by atoms with Crippen molar-refractivity contribution in [1.29, 1.82) is 0 Å². The molecule has 0 heterocycles. The van der Waals surface area contributed by atoms with Gasteiger partial charge in [0, 0.05) is 13.1 Å². The molecule has 4 nitrogen and oxygen atoms in total. The molecule has 0 aliphatic rings. The molecule has 0 bridgehead atoms. The molecule has 0 aromatic rings. The fourth-order valence-electron chi connectivity index (χ4n) is 1.17. The number of hydrogen-bond acceptors (Lipinski definition) is 4. The summed E-state index contributed by atoms with van der Waals surface area (Å²) in [6.07, 6.45) is 4.28. The molecule has 0 saturated heterocycles. The minimum absolute atomic E-state index is 0.0468. The average Bonchev–Trinajstić information content (AvgIpc) is 2.24. The van der Waals surface area contributed by atoms with E-state index in [0.29, 0.717) is 19.5 Å². The first-order valence-electron chi connectivity index (χ1n) is 4.92. The van der Waals surface area contributed by atoms with Crippen molar-refractivity contribution in [3.8, 4) is 0 Å². The number of carbonyl (C=O) groups is 1. The van der Waals surface area contributed by atoms with Crippen LogP contribution in [0.4, 0.5) is 0 Å². The first-order valence-corrected chi connectivity index (χ1v) is 6.31. The van der Waals surface area contributed by atoms with Crippen LogP contribution in [0.2, 0.25) is 0 Å². The van der Waals surface area contributed by atoms with Crippen molar-refractivity contribution in [3.05, 3.63) is 12.7 Å². The molecule has 0 fully saturated rings. The molecule has 15 heavy (non-hydrogen) atoms. The topological polar surface area (TPSA) is 66.6 Å². The summed E-state index contributed by atoms with van der Waals surface area (Å²) in [5, 5.41) is 8.80. The molecule has 0 aromatic carbocycles. The molecule has 88 valence electrons. The smallest absolute Gasteiger partial charge is 0.239 e. The Labute approximate surface area is 95.5 Å². The van der Waals surface area contributed by atoms with Crippen molar-refractivity contribution < 1.29 is 9.90 Å². The lowest BCUT2D eigenvalue weighted by atomic mass is 10.2. The van der Waals surface area contributed by atoms with E-state index in [1.54, 1.807) is 17.8 Å². The number of hydrogen-bond donors (Lipinski definition) is 2. The lowest BCUT2D eigenvalue weighted by Crippen LogP contribution is -2.45. The van der Waals surface area contributed by atoms with Crippen LogP contribution in [0.5, 0.6) is 0 Å². The summed E-state index contributed by atoms with van der Waals surface area (Å²) in [6, 6.07) is -0.469. The summed E-state index contributed by atoms with van der Waals surface area (Å²) in [5.41, 5.74) is 5.74. The number of aliphatic hydroxyl groups is 1. The molecule has 3 N–H and O–H groups in total. The van der Waals surface area contributed by atoms with Gasteiger partial charge >= 0.3 is 0 Å². The second kappa shape index (κ2) is 8.76. The van der Waals surface area contributed by atoms with Crippen LogP contribution in [-0.2, 0) is 4.79 Å². The molecule has 1 atom stereocenters. The predicted molar refractivity (Wildman–Crippen MR) is 64.8 cm³/mol. The van der Waals surface area contributed by atoms with Gasteiger partial charge in [-0.1, -0.05) is 6.08 Å². The Morgan fingerprint density at radius 3 is 2.87 bits per heavy atom. The van der Waals surface area contributed by atoms with Gasteiger partial charge < -0.3 is 15.7 Å². The Bertz CT molecular complexity index is 200. The van der Waals surface area contributed by atoms with E-state index in [2.05, 4.69) is 6.58 Å². The van der Waals surface area contributed by atoms with Crippen LogP contribution in [0.15, 0.2) is 12.7 Å². The van der Waals surface area contributed by atoms with E-state index < -0.39 is 6.04 Å². The van der Waals surface area contributed by atoms with Crippen molar-refractivity contribution in [1.82, 2.24) is 4.90 Å². The minimum atomic E-state index is -0.469. The van der Waals surface area contributed by atoms with Gasteiger partial charge in [0.25, 0.3) is 0 Å². The zero-order valence-electron chi connectivity index (χ0n) is 9.19. The molecule has 1 amide bonds. The first kappa shape index (κ1) is 14.5. The predicted octanol–water partition coefficient (Wildman–Crippen LogP) is 0.0737. The zero-order valence-corrected chi connectivity index (χ0v) is 10.0. The quantitative estimate of drug-likeness (QED) is 0.581. The van der Waals surface area contributed by atoms with Gasteiger partial charge in [-0.2, -0.15) is 11.8 Å². The monoisotopic (exact) mass is 232 g/mol. The third kappa shape index (κ3) is 5.81. The van der Waals surface area contributed by atoms with Crippen LogP contribution in [-0.4, -0.2) is 53.7 Å². The van der Waals surface area contributed by atoms with E-state index >= 15 is 0 Å². The highest BCUT2D eigenvalue weighted by Gasteiger charge is 2.18. The van der Waals surface area contributed by atoms with E-state index in [-0.39, 0.29) is 12.5 Å². The standard InChI is InChI=1S/C10H20N2O2S/c1-3-5-12(6-7-13)10(14)9(11)4-8-15-2/h3,9,13H,1,4-8,11H2,2H3/t9-/m1/s1. The normalized spacial score (nSPS) is 12.2. The Hall–Kier alpha value is -0.520. The number of amides is 1. The van der Waals surface area contributed by atoms with Crippen LogP contribution < -0.4 is 5.73 Å². The summed E-state index contributed by atoms with van der Waals surface area (Å²) in [5.74, 6) is 0.756. The second-order valence-electron chi connectivity index (χ2n) is 3.18. The second-order valence-corrected chi connectivity index (χ2v) is 4.17.